The molecule has 0 saturated carbocycles. The van der Waals surface area contributed by atoms with Gasteiger partial charge in [-0.3, -0.25) is 20.1 Å². The first kappa shape index (κ1) is 28.0. The number of amides is 3. The number of benzene rings is 2. The van der Waals surface area contributed by atoms with Crippen molar-refractivity contribution in [2.75, 3.05) is 17.7 Å². The minimum Gasteiger partial charge on any atom is -0.457 e. The number of anilines is 2. The molecular weight excluding hydrogens is 537 g/mol. The van der Waals surface area contributed by atoms with E-state index in [1.807, 2.05) is 37.3 Å². The number of fused-ring (bicyclic) bond motifs is 1. The van der Waals surface area contributed by atoms with Crippen molar-refractivity contribution in [3.63, 3.8) is 0 Å². The van der Waals surface area contributed by atoms with Crippen LogP contribution in [0.4, 0.5) is 20.7 Å². The number of nitrogens with zero attached hydrogens (tertiary/aromatic N) is 4. The molecule has 3 heterocycles. The van der Waals surface area contributed by atoms with Crippen LogP contribution in [-0.4, -0.2) is 38.7 Å². The first-order valence-electron chi connectivity index (χ1n) is 12.1. The highest BCUT2D eigenvalue weighted by molar-refractivity contribution is 5.99. The van der Waals surface area contributed by atoms with Crippen molar-refractivity contribution >= 4 is 46.8 Å². The maximum atomic E-state index is 14.8. The van der Waals surface area contributed by atoms with Crippen molar-refractivity contribution < 1.29 is 18.7 Å². The van der Waals surface area contributed by atoms with E-state index in [9.17, 15) is 14.0 Å². The third-order valence-corrected chi connectivity index (χ3v) is 5.81. The summed E-state index contributed by atoms with van der Waals surface area (Å²) >= 11 is 0. The molecule has 0 fully saturated rings. The van der Waals surface area contributed by atoms with Crippen LogP contribution >= 0.6 is 12.4 Å². The topological polar surface area (TPSA) is 123 Å². The van der Waals surface area contributed by atoms with Gasteiger partial charge in [0.05, 0.1) is 22.6 Å². The molecule has 5 rings (SSSR count). The first-order valence-corrected chi connectivity index (χ1v) is 12.1. The highest BCUT2D eigenvalue weighted by Gasteiger charge is 2.15. The molecule has 0 saturated heterocycles. The van der Waals surface area contributed by atoms with Crippen molar-refractivity contribution in [2.45, 2.75) is 13.3 Å². The number of aryl methyl sites for hydroxylation is 1. The van der Waals surface area contributed by atoms with Crippen LogP contribution in [0, 0.1) is 5.82 Å². The van der Waals surface area contributed by atoms with Gasteiger partial charge in [-0.25, -0.2) is 13.9 Å². The maximum absolute atomic E-state index is 14.8. The number of urea groups is 1. The van der Waals surface area contributed by atoms with E-state index in [1.165, 1.54) is 31.4 Å². The highest BCUT2D eigenvalue weighted by Crippen LogP contribution is 2.27. The van der Waals surface area contributed by atoms with E-state index in [2.05, 4.69) is 31.0 Å². The molecule has 0 radical (unpaired) electrons. The summed E-state index contributed by atoms with van der Waals surface area (Å²) in [4.78, 5) is 32.9. The second kappa shape index (κ2) is 12.2. The zero-order valence-corrected chi connectivity index (χ0v) is 22.3. The van der Waals surface area contributed by atoms with Gasteiger partial charge in [-0.1, -0.05) is 13.0 Å². The predicted molar refractivity (Wildman–Crippen MR) is 152 cm³/mol. The second-order valence-corrected chi connectivity index (χ2v) is 8.45. The minimum atomic E-state index is -0.701. The molecule has 0 bridgehead atoms. The number of pyridine rings is 2. The molecular formula is C28H25ClFN7O3. The Morgan fingerprint density at radius 3 is 2.55 bits per heavy atom. The average molecular weight is 562 g/mol. The number of aromatic nitrogens is 4. The lowest BCUT2D eigenvalue weighted by atomic mass is 10.2. The molecule has 3 amide bonds. The highest BCUT2D eigenvalue weighted by atomic mass is 35.5. The van der Waals surface area contributed by atoms with Gasteiger partial charge in [-0.15, -0.1) is 12.4 Å². The summed E-state index contributed by atoms with van der Waals surface area (Å²) in [5, 5.41) is 13.3. The normalized spacial score (nSPS) is 10.5. The molecule has 3 N–H and O–H groups in total. The molecule has 10 nitrogen and oxygen atoms in total. The summed E-state index contributed by atoms with van der Waals surface area (Å²) < 4.78 is 22.1. The lowest BCUT2D eigenvalue weighted by Crippen LogP contribution is -2.22. The molecule has 40 heavy (non-hydrogen) atoms. The molecule has 0 aliphatic rings. The van der Waals surface area contributed by atoms with Gasteiger partial charge >= 0.3 is 6.03 Å². The van der Waals surface area contributed by atoms with E-state index < -0.39 is 11.8 Å². The first-order chi connectivity index (χ1) is 18.9. The maximum Gasteiger partial charge on any atom is 0.324 e. The lowest BCUT2D eigenvalue weighted by molar-refractivity contribution is 0.0957. The number of rotatable bonds is 7. The fourth-order valence-electron chi connectivity index (χ4n) is 3.88. The number of ether oxygens (including phenoxy) is 1. The number of hydrogen-bond acceptors (Lipinski definition) is 6. The minimum absolute atomic E-state index is 0. The Morgan fingerprint density at radius 1 is 0.950 bits per heavy atom. The van der Waals surface area contributed by atoms with Gasteiger partial charge in [-0.05, 0) is 48.9 Å². The molecule has 0 atom stereocenters. The van der Waals surface area contributed by atoms with Crippen LogP contribution < -0.4 is 20.7 Å². The van der Waals surface area contributed by atoms with Gasteiger partial charge in [-0.2, -0.15) is 5.10 Å². The molecule has 0 aliphatic heterocycles. The quantitative estimate of drug-likeness (QED) is 0.233. The summed E-state index contributed by atoms with van der Waals surface area (Å²) in [5.74, 6) is -0.150. The molecule has 12 heteroatoms. The van der Waals surface area contributed by atoms with E-state index in [4.69, 9.17) is 4.74 Å². The Balaban J connectivity index is 0.00000370. The monoisotopic (exact) mass is 561 g/mol. The Labute approximate surface area is 235 Å². The fourth-order valence-corrected chi connectivity index (χ4v) is 3.88. The van der Waals surface area contributed by atoms with E-state index in [0.29, 0.717) is 18.0 Å². The lowest BCUT2D eigenvalue weighted by Gasteiger charge is -2.12. The number of nitrogens with one attached hydrogen (secondary N) is 3. The molecule has 0 unspecified atom stereocenters. The van der Waals surface area contributed by atoms with E-state index >= 15 is 0 Å². The second-order valence-electron chi connectivity index (χ2n) is 8.45. The van der Waals surface area contributed by atoms with Crippen molar-refractivity contribution in [2.24, 2.45) is 0 Å². The van der Waals surface area contributed by atoms with Crippen LogP contribution in [0.2, 0.25) is 0 Å². The van der Waals surface area contributed by atoms with Crippen LogP contribution in [0.1, 0.15) is 23.1 Å². The number of halogens is 2. The van der Waals surface area contributed by atoms with Gasteiger partial charge in [0.2, 0.25) is 0 Å². The Bertz CT molecular complexity index is 1690. The molecule has 0 spiro atoms. The number of hydrogen-bond donors (Lipinski definition) is 3. The summed E-state index contributed by atoms with van der Waals surface area (Å²) in [7, 11) is 1.49. The number of carbonyl (C=O) groups is 2. The summed E-state index contributed by atoms with van der Waals surface area (Å²) in [6.45, 7) is 1.96. The van der Waals surface area contributed by atoms with Gasteiger partial charge in [0, 0.05) is 43.0 Å². The smallest absolute Gasteiger partial charge is 0.324 e. The van der Waals surface area contributed by atoms with Crippen molar-refractivity contribution in [1.82, 2.24) is 25.1 Å². The molecule has 0 aliphatic carbocycles. The van der Waals surface area contributed by atoms with Crippen molar-refractivity contribution in [1.29, 1.82) is 0 Å². The largest absolute Gasteiger partial charge is 0.457 e. The Morgan fingerprint density at radius 2 is 1.77 bits per heavy atom. The van der Waals surface area contributed by atoms with Crippen LogP contribution in [0.3, 0.4) is 0 Å². The third kappa shape index (κ3) is 6.16. The summed E-state index contributed by atoms with van der Waals surface area (Å²) in [6.07, 6.45) is 3.80. The predicted octanol–water partition coefficient (Wildman–Crippen LogP) is 5.73. The summed E-state index contributed by atoms with van der Waals surface area (Å²) in [6, 6.07) is 17.6. The van der Waals surface area contributed by atoms with E-state index in [1.54, 1.807) is 23.0 Å². The van der Waals surface area contributed by atoms with Crippen molar-refractivity contribution in [3.8, 4) is 17.2 Å². The zero-order chi connectivity index (χ0) is 27.4. The SMILES string of the molecule is CCc1cc(NC(=O)Nc2ccc(Oc3ccnc(C(=O)NC)c3)cc2F)n(-c2ccc3ncccc3c2)n1.Cl. The van der Waals surface area contributed by atoms with E-state index in [0.717, 1.165) is 28.4 Å². The van der Waals surface area contributed by atoms with Gasteiger partial charge in [0.25, 0.3) is 5.91 Å². The molecule has 2 aromatic carbocycles. The van der Waals surface area contributed by atoms with E-state index in [-0.39, 0.29) is 35.4 Å². The number of carbonyl (C=O) groups excluding carboxylic acids is 2. The van der Waals surface area contributed by atoms with Crippen molar-refractivity contribution in [3.05, 3.63) is 96.3 Å². The van der Waals surface area contributed by atoms with Gasteiger partial charge in [0.15, 0.2) is 0 Å². The van der Waals surface area contributed by atoms with Gasteiger partial charge in [0.1, 0.15) is 28.8 Å². The Hall–Kier alpha value is -5.03. The van der Waals surface area contributed by atoms with Gasteiger partial charge < -0.3 is 15.4 Å². The fraction of sp³-hybridized carbons (Fsp3) is 0.107. The molecule has 204 valence electrons. The molecule has 3 aromatic heterocycles. The van der Waals surface area contributed by atoms with Crippen LogP contribution in [0.25, 0.3) is 16.6 Å². The third-order valence-electron chi connectivity index (χ3n) is 5.81. The van der Waals surface area contributed by atoms with Crippen LogP contribution in [-0.2, 0) is 6.42 Å². The molecule has 5 aromatic rings. The Kier molecular flexibility index (Phi) is 8.55. The van der Waals surface area contributed by atoms with Crippen LogP contribution in [0.15, 0.2) is 79.1 Å². The standard InChI is InChI=1S/C28H24FN7O3.ClH/c1-3-18-14-26(36(35-18)19-6-8-23-17(13-19)5-4-11-31-23)34-28(38)33-24-9-7-20(15-22(24)29)39-21-10-12-32-25(16-21)27(37)30-2;/h4-16H,3H2,1-2H3,(H,30,37)(H2,33,34,38);1H. The average Bonchev–Trinajstić information content (AvgIpc) is 3.36. The zero-order valence-electron chi connectivity index (χ0n) is 21.5. The summed E-state index contributed by atoms with van der Waals surface area (Å²) in [5.41, 5.74) is 2.49. The van der Waals surface area contributed by atoms with Crippen LogP contribution in [0.5, 0.6) is 11.5 Å².